The topological polar surface area (TPSA) is 57.2 Å². The second kappa shape index (κ2) is 8.63. The summed E-state index contributed by atoms with van der Waals surface area (Å²) < 4.78 is 26.8. The highest BCUT2D eigenvalue weighted by Gasteiger charge is 2.10. The Hall–Kier alpha value is -1.43. The third-order valence-corrected chi connectivity index (χ3v) is 2.65. The van der Waals surface area contributed by atoms with E-state index in [1.807, 2.05) is 6.92 Å². The van der Waals surface area contributed by atoms with Crippen molar-refractivity contribution in [2.45, 2.75) is 32.6 Å². The molecule has 6 heteroatoms. The molecule has 108 valence electrons. The second-order valence-electron chi connectivity index (χ2n) is 4.24. The Morgan fingerprint density at radius 3 is 2.32 bits per heavy atom. The van der Waals surface area contributed by atoms with Crippen molar-refractivity contribution in [3.8, 4) is 0 Å². The number of unbranched alkanes of at least 4 members (excludes halogenated alkanes) is 3. The molecule has 0 fully saturated rings. The molecule has 0 spiro atoms. The van der Waals surface area contributed by atoms with E-state index in [2.05, 4.69) is 15.6 Å². The molecular formula is C13H21F2N3O. The molecule has 0 unspecified atom stereocenters. The van der Waals surface area contributed by atoms with Crippen molar-refractivity contribution in [1.29, 1.82) is 0 Å². The minimum atomic E-state index is -0.687. The summed E-state index contributed by atoms with van der Waals surface area (Å²) in [6, 6.07) is 0.832. The van der Waals surface area contributed by atoms with Crippen molar-refractivity contribution >= 4 is 11.6 Å². The monoisotopic (exact) mass is 273 g/mol. The fourth-order valence-corrected chi connectivity index (χ4v) is 1.68. The van der Waals surface area contributed by atoms with Crippen LogP contribution in [0.4, 0.5) is 20.4 Å². The highest BCUT2D eigenvalue weighted by atomic mass is 19.1. The summed E-state index contributed by atoms with van der Waals surface area (Å²) in [5, 5.41) is 14.2. The van der Waals surface area contributed by atoms with Gasteiger partial charge in [0.1, 0.15) is 0 Å². The van der Waals surface area contributed by atoms with Gasteiger partial charge in [-0.3, -0.25) is 0 Å². The SMILES string of the molecule is CCNc1nc(NCCCCCCO)c(F)cc1F. The quantitative estimate of drug-likeness (QED) is 0.606. The van der Waals surface area contributed by atoms with Gasteiger partial charge in [-0.1, -0.05) is 12.8 Å². The second-order valence-corrected chi connectivity index (χ2v) is 4.24. The third kappa shape index (κ3) is 5.38. The van der Waals surface area contributed by atoms with Crippen LogP contribution in [0.15, 0.2) is 6.07 Å². The van der Waals surface area contributed by atoms with E-state index < -0.39 is 11.6 Å². The summed E-state index contributed by atoms with van der Waals surface area (Å²) in [5.74, 6) is -1.24. The van der Waals surface area contributed by atoms with Crippen LogP contribution in [-0.4, -0.2) is 29.8 Å². The van der Waals surface area contributed by atoms with Crippen LogP contribution in [-0.2, 0) is 0 Å². The number of anilines is 2. The summed E-state index contributed by atoms with van der Waals surface area (Å²) in [5.41, 5.74) is 0. The summed E-state index contributed by atoms with van der Waals surface area (Å²) in [6.07, 6.45) is 3.54. The van der Waals surface area contributed by atoms with Gasteiger partial charge in [0.25, 0.3) is 0 Å². The molecule has 1 heterocycles. The molecule has 19 heavy (non-hydrogen) atoms. The van der Waals surface area contributed by atoms with E-state index in [1.54, 1.807) is 0 Å². The van der Waals surface area contributed by atoms with Gasteiger partial charge < -0.3 is 15.7 Å². The molecule has 1 rings (SSSR count). The molecule has 4 nitrogen and oxygen atoms in total. The fraction of sp³-hybridized carbons (Fsp3) is 0.615. The zero-order chi connectivity index (χ0) is 14.1. The van der Waals surface area contributed by atoms with Crippen LogP contribution < -0.4 is 10.6 Å². The van der Waals surface area contributed by atoms with Crippen molar-refractivity contribution in [3.05, 3.63) is 17.7 Å². The van der Waals surface area contributed by atoms with Crippen LogP contribution in [0, 0.1) is 11.6 Å². The first-order valence-corrected chi connectivity index (χ1v) is 6.63. The first kappa shape index (κ1) is 15.6. The number of hydrogen-bond donors (Lipinski definition) is 3. The third-order valence-electron chi connectivity index (χ3n) is 2.65. The van der Waals surface area contributed by atoms with Crippen molar-refractivity contribution < 1.29 is 13.9 Å². The number of nitrogens with zero attached hydrogens (tertiary/aromatic N) is 1. The van der Waals surface area contributed by atoms with E-state index in [1.165, 1.54) is 0 Å². The maximum absolute atomic E-state index is 13.5. The van der Waals surface area contributed by atoms with Crippen LogP contribution in [0.3, 0.4) is 0 Å². The predicted octanol–water partition coefficient (Wildman–Crippen LogP) is 2.76. The number of halogens is 2. The molecule has 1 aromatic heterocycles. The van der Waals surface area contributed by atoms with Crippen molar-refractivity contribution in [2.24, 2.45) is 0 Å². The largest absolute Gasteiger partial charge is 0.396 e. The Morgan fingerprint density at radius 2 is 1.68 bits per heavy atom. The summed E-state index contributed by atoms with van der Waals surface area (Å²) >= 11 is 0. The Kier molecular flexibility index (Phi) is 7.10. The number of aromatic nitrogens is 1. The van der Waals surface area contributed by atoms with Gasteiger partial charge in [-0.25, -0.2) is 13.8 Å². The molecule has 1 aromatic rings. The van der Waals surface area contributed by atoms with E-state index in [0.29, 0.717) is 13.1 Å². The summed E-state index contributed by atoms with van der Waals surface area (Å²) in [4.78, 5) is 3.88. The normalized spacial score (nSPS) is 10.5. The van der Waals surface area contributed by atoms with Crippen molar-refractivity contribution in [1.82, 2.24) is 4.98 Å². The number of aliphatic hydroxyl groups is 1. The average Bonchev–Trinajstić information content (AvgIpc) is 2.38. The van der Waals surface area contributed by atoms with Crippen molar-refractivity contribution in [3.63, 3.8) is 0 Å². The lowest BCUT2D eigenvalue weighted by Gasteiger charge is -2.10. The molecule has 0 saturated heterocycles. The smallest absolute Gasteiger partial charge is 0.168 e. The maximum Gasteiger partial charge on any atom is 0.168 e. The molecule has 0 aromatic carbocycles. The van der Waals surface area contributed by atoms with Crippen LogP contribution >= 0.6 is 0 Å². The highest BCUT2D eigenvalue weighted by molar-refractivity contribution is 5.47. The number of aliphatic hydroxyl groups excluding tert-OH is 1. The Labute approximate surface area is 112 Å². The molecule has 3 N–H and O–H groups in total. The Morgan fingerprint density at radius 1 is 1.05 bits per heavy atom. The lowest BCUT2D eigenvalue weighted by Crippen LogP contribution is -2.09. The molecular weight excluding hydrogens is 252 g/mol. The number of hydrogen-bond acceptors (Lipinski definition) is 4. The van der Waals surface area contributed by atoms with Gasteiger partial charge in [0.05, 0.1) is 0 Å². The minimum absolute atomic E-state index is 0.0617. The molecule has 0 aliphatic heterocycles. The van der Waals surface area contributed by atoms with E-state index in [-0.39, 0.29) is 18.2 Å². The number of pyridine rings is 1. The standard InChI is InChI=1S/C13H21F2N3O/c1-2-16-12-10(14)9-11(15)13(18-12)17-7-5-3-4-6-8-19/h9,19H,2-8H2,1H3,(H2,16,17,18). The Bertz CT molecular complexity index is 388. The molecule has 0 saturated carbocycles. The molecule has 0 atom stereocenters. The maximum atomic E-state index is 13.5. The van der Waals surface area contributed by atoms with E-state index in [9.17, 15) is 8.78 Å². The molecule has 0 bridgehead atoms. The van der Waals surface area contributed by atoms with Gasteiger partial charge in [-0.2, -0.15) is 0 Å². The molecule has 0 aliphatic carbocycles. The minimum Gasteiger partial charge on any atom is -0.396 e. The lowest BCUT2D eigenvalue weighted by molar-refractivity contribution is 0.283. The molecule has 0 aliphatic rings. The van der Waals surface area contributed by atoms with E-state index >= 15 is 0 Å². The fourth-order valence-electron chi connectivity index (χ4n) is 1.68. The molecule has 0 radical (unpaired) electrons. The summed E-state index contributed by atoms with van der Waals surface area (Å²) in [7, 11) is 0. The van der Waals surface area contributed by atoms with Crippen LogP contribution in [0.1, 0.15) is 32.6 Å². The first-order chi connectivity index (χ1) is 9.19. The number of nitrogens with one attached hydrogen (secondary N) is 2. The van der Waals surface area contributed by atoms with Gasteiger partial charge in [0.15, 0.2) is 23.3 Å². The van der Waals surface area contributed by atoms with Crippen LogP contribution in [0.5, 0.6) is 0 Å². The highest BCUT2D eigenvalue weighted by Crippen LogP contribution is 2.18. The Balaban J connectivity index is 2.46. The zero-order valence-electron chi connectivity index (χ0n) is 11.2. The average molecular weight is 273 g/mol. The lowest BCUT2D eigenvalue weighted by atomic mass is 10.2. The van der Waals surface area contributed by atoms with Gasteiger partial charge in [-0.05, 0) is 19.8 Å². The van der Waals surface area contributed by atoms with E-state index in [4.69, 9.17) is 5.11 Å². The predicted molar refractivity (Wildman–Crippen MR) is 72.4 cm³/mol. The van der Waals surface area contributed by atoms with Gasteiger partial charge >= 0.3 is 0 Å². The van der Waals surface area contributed by atoms with Crippen LogP contribution in [0.25, 0.3) is 0 Å². The first-order valence-electron chi connectivity index (χ1n) is 6.63. The van der Waals surface area contributed by atoms with Gasteiger partial charge in [-0.15, -0.1) is 0 Å². The molecule has 0 amide bonds. The van der Waals surface area contributed by atoms with Crippen molar-refractivity contribution in [2.75, 3.05) is 30.3 Å². The van der Waals surface area contributed by atoms with Gasteiger partial charge in [0.2, 0.25) is 0 Å². The summed E-state index contributed by atoms with van der Waals surface area (Å²) in [6.45, 7) is 3.12. The van der Waals surface area contributed by atoms with Gasteiger partial charge in [0, 0.05) is 25.8 Å². The zero-order valence-corrected chi connectivity index (χ0v) is 11.2. The van der Waals surface area contributed by atoms with Crippen LogP contribution in [0.2, 0.25) is 0 Å². The number of rotatable bonds is 9. The van der Waals surface area contributed by atoms with E-state index in [0.717, 1.165) is 31.7 Å².